The Balaban J connectivity index is 2.37. The summed E-state index contributed by atoms with van der Waals surface area (Å²) in [5.74, 6) is 0.313. The van der Waals surface area contributed by atoms with Crippen molar-refractivity contribution < 1.29 is 9.59 Å². The van der Waals surface area contributed by atoms with Crippen LogP contribution in [0.4, 0.5) is 0 Å². The third-order valence-electron chi connectivity index (χ3n) is 2.33. The quantitative estimate of drug-likeness (QED) is 0.606. The van der Waals surface area contributed by atoms with Gasteiger partial charge in [-0.3, -0.25) is 14.5 Å². The molecule has 74 valence electrons. The van der Waals surface area contributed by atoms with Crippen molar-refractivity contribution in [3.05, 3.63) is 0 Å². The summed E-state index contributed by atoms with van der Waals surface area (Å²) in [7, 11) is 1.79. The molecule has 0 aliphatic carbocycles. The molecular weight excluding hydrogens is 168 g/mol. The first-order chi connectivity index (χ1) is 6.13. The second kappa shape index (κ2) is 4.37. The fourth-order valence-electron chi connectivity index (χ4n) is 1.30. The van der Waals surface area contributed by atoms with Gasteiger partial charge in [-0.2, -0.15) is 0 Å². The van der Waals surface area contributed by atoms with E-state index in [9.17, 15) is 9.59 Å². The van der Waals surface area contributed by atoms with Gasteiger partial charge in [0.1, 0.15) is 5.78 Å². The maximum absolute atomic E-state index is 11.2. The average Bonchev–Trinajstić information content (AvgIpc) is 2.11. The van der Waals surface area contributed by atoms with Crippen molar-refractivity contribution in [3.8, 4) is 0 Å². The average molecular weight is 184 g/mol. The summed E-state index contributed by atoms with van der Waals surface area (Å²) in [5, 5.41) is 0. The van der Waals surface area contributed by atoms with E-state index < -0.39 is 0 Å². The molecule has 0 saturated carbocycles. The van der Waals surface area contributed by atoms with Crippen LogP contribution in [0.2, 0.25) is 0 Å². The molecule has 0 atom stereocenters. The molecule has 0 unspecified atom stereocenters. The summed E-state index contributed by atoms with van der Waals surface area (Å²) in [6.45, 7) is 4.21. The first-order valence-corrected chi connectivity index (χ1v) is 4.61. The van der Waals surface area contributed by atoms with Gasteiger partial charge < -0.3 is 4.90 Å². The number of ketones is 1. The van der Waals surface area contributed by atoms with Gasteiger partial charge in [0.15, 0.2) is 0 Å². The first-order valence-electron chi connectivity index (χ1n) is 4.61. The van der Waals surface area contributed by atoms with E-state index in [-0.39, 0.29) is 11.7 Å². The van der Waals surface area contributed by atoms with Gasteiger partial charge in [0.25, 0.3) is 0 Å². The van der Waals surface area contributed by atoms with E-state index in [2.05, 4.69) is 0 Å². The molecule has 1 aliphatic rings. The second-order valence-corrected chi connectivity index (χ2v) is 3.42. The third-order valence-corrected chi connectivity index (χ3v) is 2.33. The highest BCUT2D eigenvalue weighted by Crippen LogP contribution is 2.00. The van der Waals surface area contributed by atoms with Crippen LogP contribution >= 0.6 is 0 Å². The molecule has 4 nitrogen and oxygen atoms in total. The number of piperazine rings is 1. The highest BCUT2D eigenvalue weighted by Gasteiger charge is 2.21. The third kappa shape index (κ3) is 2.81. The molecule has 13 heavy (non-hydrogen) atoms. The number of carbonyl (C=O) groups is 2. The van der Waals surface area contributed by atoms with Crippen LogP contribution in [0.3, 0.4) is 0 Å². The largest absolute Gasteiger partial charge is 0.343 e. The predicted octanol–water partition coefficient (Wildman–Crippen LogP) is -0.261. The number of Topliss-reactive ketones (excluding diaryl/α,β-unsaturated/α-hetero) is 1. The molecule has 1 amide bonds. The standard InChI is InChI=1S/C9H16N2O2/c1-3-8(12)6-11-5-4-10(2)9(13)7-11/h3-7H2,1-2H3. The van der Waals surface area contributed by atoms with Gasteiger partial charge in [-0.25, -0.2) is 0 Å². The molecule has 4 heteroatoms. The Hall–Kier alpha value is -0.900. The Morgan fingerprint density at radius 3 is 2.69 bits per heavy atom. The Morgan fingerprint density at radius 2 is 2.15 bits per heavy atom. The first kappa shape index (κ1) is 10.2. The molecule has 1 fully saturated rings. The lowest BCUT2D eigenvalue weighted by Gasteiger charge is -2.31. The summed E-state index contributed by atoms with van der Waals surface area (Å²) >= 11 is 0. The van der Waals surface area contributed by atoms with Gasteiger partial charge in [0.2, 0.25) is 5.91 Å². The number of hydrogen-bond donors (Lipinski definition) is 0. The molecule has 0 aromatic rings. The van der Waals surface area contributed by atoms with Crippen LogP contribution in [0, 0.1) is 0 Å². The molecule has 0 aromatic heterocycles. The lowest BCUT2D eigenvalue weighted by Crippen LogP contribution is -2.49. The zero-order valence-electron chi connectivity index (χ0n) is 8.25. The minimum Gasteiger partial charge on any atom is -0.343 e. The van der Waals surface area contributed by atoms with E-state index >= 15 is 0 Å². The molecular formula is C9H16N2O2. The molecule has 1 saturated heterocycles. The summed E-state index contributed by atoms with van der Waals surface area (Å²) in [6.07, 6.45) is 0.556. The number of likely N-dealkylation sites (N-methyl/N-ethyl adjacent to an activating group) is 1. The Morgan fingerprint density at radius 1 is 1.46 bits per heavy atom. The van der Waals surface area contributed by atoms with Crippen LogP contribution in [0.25, 0.3) is 0 Å². The minimum atomic E-state index is 0.107. The zero-order chi connectivity index (χ0) is 9.84. The van der Waals surface area contributed by atoms with Crippen LogP contribution < -0.4 is 0 Å². The smallest absolute Gasteiger partial charge is 0.236 e. The van der Waals surface area contributed by atoms with E-state index in [0.717, 1.165) is 13.1 Å². The SMILES string of the molecule is CCC(=O)CN1CCN(C)C(=O)C1. The van der Waals surface area contributed by atoms with E-state index in [1.165, 1.54) is 0 Å². The van der Waals surface area contributed by atoms with Gasteiger partial charge in [0.05, 0.1) is 13.1 Å². The van der Waals surface area contributed by atoms with E-state index in [1.807, 2.05) is 11.8 Å². The highest BCUT2D eigenvalue weighted by molar-refractivity contribution is 5.82. The Bertz CT molecular complexity index is 214. The number of carbonyl (C=O) groups excluding carboxylic acids is 2. The molecule has 1 rings (SSSR count). The van der Waals surface area contributed by atoms with Crippen LogP contribution in [0.15, 0.2) is 0 Å². The van der Waals surface area contributed by atoms with Gasteiger partial charge in [-0.15, -0.1) is 0 Å². The number of hydrogen-bond acceptors (Lipinski definition) is 3. The van der Waals surface area contributed by atoms with Gasteiger partial charge in [-0.1, -0.05) is 6.92 Å². The molecule has 1 heterocycles. The minimum absolute atomic E-state index is 0.107. The fourth-order valence-corrected chi connectivity index (χ4v) is 1.30. The molecule has 0 radical (unpaired) electrons. The molecule has 0 aromatic carbocycles. The lowest BCUT2D eigenvalue weighted by molar-refractivity contribution is -0.135. The summed E-state index contributed by atoms with van der Waals surface area (Å²) in [6, 6.07) is 0. The highest BCUT2D eigenvalue weighted by atomic mass is 16.2. The van der Waals surface area contributed by atoms with Crippen molar-refractivity contribution in [1.29, 1.82) is 0 Å². The van der Waals surface area contributed by atoms with E-state index in [0.29, 0.717) is 19.5 Å². The van der Waals surface area contributed by atoms with E-state index in [1.54, 1.807) is 11.9 Å². The zero-order valence-corrected chi connectivity index (χ0v) is 8.25. The maximum Gasteiger partial charge on any atom is 0.236 e. The fraction of sp³-hybridized carbons (Fsp3) is 0.778. The monoisotopic (exact) mass is 184 g/mol. The van der Waals surface area contributed by atoms with Crippen molar-refractivity contribution in [2.75, 3.05) is 33.2 Å². The van der Waals surface area contributed by atoms with Crippen molar-refractivity contribution in [2.45, 2.75) is 13.3 Å². The number of nitrogens with zero attached hydrogens (tertiary/aromatic N) is 2. The normalized spacial score (nSPS) is 19.2. The van der Waals surface area contributed by atoms with Crippen molar-refractivity contribution in [3.63, 3.8) is 0 Å². The van der Waals surface area contributed by atoms with Crippen LogP contribution in [-0.4, -0.2) is 54.7 Å². The summed E-state index contributed by atoms with van der Waals surface area (Å²) < 4.78 is 0. The lowest BCUT2D eigenvalue weighted by atomic mass is 10.2. The topological polar surface area (TPSA) is 40.6 Å². The van der Waals surface area contributed by atoms with Gasteiger partial charge in [-0.05, 0) is 0 Å². The number of rotatable bonds is 3. The van der Waals surface area contributed by atoms with Crippen molar-refractivity contribution in [2.24, 2.45) is 0 Å². The van der Waals surface area contributed by atoms with Crippen molar-refractivity contribution in [1.82, 2.24) is 9.80 Å². The van der Waals surface area contributed by atoms with Gasteiger partial charge >= 0.3 is 0 Å². The van der Waals surface area contributed by atoms with E-state index in [4.69, 9.17) is 0 Å². The van der Waals surface area contributed by atoms with Crippen LogP contribution in [0.5, 0.6) is 0 Å². The van der Waals surface area contributed by atoms with Crippen LogP contribution in [0.1, 0.15) is 13.3 Å². The number of amides is 1. The summed E-state index contributed by atoms with van der Waals surface area (Å²) in [5.41, 5.74) is 0. The predicted molar refractivity (Wildman–Crippen MR) is 49.4 cm³/mol. The Kier molecular flexibility index (Phi) is 3.42. The Labute approximate surface area is 78.5 Å². The molecule has 0 spiro atoms. The van der Waals surface area contributed by atoms with Crippen molar-refractivity contribution >= 4 is 11.7 Å². The second-order valence-electron chi connectivity index (χ2n) is 3.42. The molecule has 1 aliphatic heterocycles. The van der Waals surface area contributed by atoms with Gasteiger partial charge in [0, 0.05) is 26.6 Å². The molecule has 0 bridgehead atoms. The summed E-state index contributed by atoms with van der Waals surface area (Å²) in [4.78, 5) is 26.0. The maximum atomic E-state index is 11.2. The molecule has 0 N–H and O–H groups in total. The van der Waals surface area contributed by atoms with Crippen LogP contribution in [-0.2, 0) is 9.59 Å².